The third kappa shape index (κ3) is 4.57. The first-order chi connectivity index (χ1) is 9.45. The molecule has 0 saturated heterocycles. The van der Waals surface area contributed by atoms with Crippen molar-refractivity contribution in [3.05, 3.63) is 29.8 Å². The largest absolute Gasteiger partial charge is 0.496 e. The summed E-state index contributed by atoms with van der Waals surface area (Å²) >= 11 is 0. The number of carboxylic acids is 1. The molecule has 0 aliphatic heterocycles. The first-order valence-corrected chi connectivity index (χ1v) is 6.59. The maximum Gasteiger partial charge on any atom is 0.308 e. The highest BCUT2D eigenvalue weighted by atomic mass is 16.5. The van der Waals surface area contributed by atoms with Gasteiger partial charge in [0, 0.05) is 12.5 Å². The Morgan fingerprint density at radius 2 is 1.95 bits per heavy atom. The molecule has 1 aromatic rings. The zero-order valence-corrected chi connectivity index (χ0v) is 12.1. The van der Waals surface area contributed by atoms with Crippen molar-refractivity contribution in [3.63, 3.8) is 0 Å². The van der Waals surface area contributed by atoms with Crippen molar-refractivity contribution in [3.8, 4) is 5.75 Å². The molecule has 0 spiro atoms. The highest BCUT2D eigenvalue weighted by Crippen LogP contribution is 2.18. The van der Waals surface area contributed by atoms with Gasteiger partial charge in [-0.2, -0.15) is 0 Å². The Bertz CT molecular complexity index is 473. The first kappa shape index (κ1) is 16.0. The molecule has 2 N–H and O–H groups in total. The Balaban J connectivity index is 2.49. The van der Waals surface area contributed by atoms with Gasteiger partial charge in [0.1, 0.15) is 5.75 Å². The topological polar surface area (TPSA) is 75.6 Å². The number of carbonyl (C=O) groups excluding carboxylic acids is 1. The first-order valence-electron chi connectivity index (χ1n) is 6.59. The minimum atomic E-state index is -0.914. The molecule has 0 aliphatic rings. The van der Waals surface area contributed by atoms with E-state index in [2.05, 4.69) is 5.32 Å². The van der Waals surface area contributed by atoms with Crippen molar-refractivity contribution in [2.24, 2.45) is 5.92 Å². The van der Waals surface area contributed by atoms with Gasteiger partial charge in [0.05, 0.1) is 13.0 Å². The molecule has 0 fully saturated rings. The number of methoxy groups -OCH3 is 1. The van der Waals surface area contributed by atoms with E-state index >= 15 is 0 Å². The molecule has 0 heterocycles. The zero-order chi connectivity index (χ0) is 15.1. The predicted molar refractivity (Wildman–Crippen MR) is 75.7 cm³/mol. The van der Waals surface area contributed by atoms with E-state index in [9.17, 15) is 9.59 Å². The van der Waals surface area contributed by atoms with Gasteiger partial charge in [-0.1, -0.05) is 18.2 Å². The van der Waals surface area contributed by atoms with Crippen LogP contribution < -0.4 is 10.1 Å². The van der Waals surface area contributed by atoms with Crippen LogP contribution in [-0.4, -0.2) is 30.1 Å². The number of hydrogen-bond donors (Lipinski definition) is 2. The molecule has 1 amide bonds. The van der Waals surface area contributed by atoms with Gasteiger partial charge < -0.3 is 15.2 Å². The number of carboxylic acid groups (broad SMARTS) is 1. The Morgan fingerprint density at radius 1 is 1.30 bits per heavy atom. The standard InChI is InChI=1S/C15H21NO4/c1-10(15(18)19)11(2)16-14(17)9-8-12-6-4-5-7-13(12)20-3/h4-7,10-11H,8-9H2,1-3H3,(H,16,17)(H,18,19). The van der Waals surface area contributed by atoms with E-state index in [0.29, 0.717) is 12.8 Å². The number of hydrogen-bond acceptors (Lipinski definition) is 3. The molecule has 0 saturated carbocycles. The van der Waals surface area contributed by atoms with Gasteiger partial charge >= 0.3 is 5.97 Å². The molecular formula is C15H21NO4. The third-order valence-electron chi connectivity index (χ3n) is 3.34. The minimum Gasteiger partial charge on any atom is -0.496 e. The van der Waals surface area contributed by atoms with Gasteiger partial charge in [-0.25, -0.2) is 0 Å². The molecule has 0 radical (unpaired) electrons. The molecule has 1 aromatic carbocycles. The predicted octanol–water partition coefficient (Wildman–Crippen LogP) is 1.85. The second-order valence-electron chi connectivity index (χ2n) is 4.79. The summed E-state index contributed by atoms with van der Waals surface area (Å²) in [4.78, 5) is 22.6. The van der Waals surface area contributed by atoms with Gasteiger partial charge in [-0.3, -0.25) is 9.59 Å². The molecular weight excluding hydrogens is 258 g/mol. The Kier molecular flexibility index (Phi) is 6.03. The molecule has 0 aliphatic carbocycles. The monoisotopic (exact) mass is 279 g/mol. The molecule has 0 bridgehead atoms. The number of aliphatic carboxylic acids is 1. The van der Waals surface area contributed by atoms with Gasteiger partial charge in [0.15, 0.2) is 0 Å². The number of carbonyl (C=O) groups is 2. The van der Waals surface area contributed by atoms with Crippen LogP contribution in [0.3, 0.4) is 0 Å². The summed E-state index contributed by atoms with van der Waals surface area (Å²) in [6.07, 6.45) is 0.862. The van der Waals surface area contributed by atoms with Crippen LogP contribution >= 0.6 is 0 Å². The fraction of sp³-hybridized carbons (Fsp3) is 0.467. The molecule has 1 rings (SSSR count). The summed E-state index contributed by atoms with van der Waals surface area (Å²) in [5.74, 6) is -0.920. The summed E-state index contributed by atoms with van der Waals surface area (Å²) < 4.78 is 5.22. The molecule has 2 atom stereocenters. The van der Waals surface area contributed by atoms with Gasteiger partial charge in [0.2, 0.25) is 5.91 Å². The van der Waals surface area contributed by atoms with E-state index in [1.165, 1.54) is 0 Å². The van der Waals surface area contributed by atoms with Crippen molar-refractivity contribution in [1.82, 2.24) is 5.32 Å². The highest BCUT2D eigenvalue weighted by Gasteiger charge is 2.20. The van der Waals surface area contributed by atoms with Gasteiger partial charge in [-0.05, 0) is 31.9 Å². The summed E-state index contributed by atoms with van der Waals surface area (Å²) in [6.45, 7) is 3.27. The van der Waals surface area contributed by atoms with E-state index in [4.69, 9.17) is 9.84 Å². The van der Waals surface area contributed by atoms with E-state index < -0.39 is 17.9 Å². The summed E-state index contributed by atoms with van der Waals surface area (Å²) in [6, 6.07) is 7.14. The second kappa shape index (κ2) is 7.53. The summed E-state index contributed by atoms with van der Waals surface area (Å²) in [5.41, 5.74) is 0.962. The van der Waals surface area contributed by atoms with Crippen LogP contribution in [0.5, 0.6) is 5.75 Å². The number of benzene rings is 1. The molecule has 2 unspecified atom stereocenters. The van der Waals surface area contributed by atoms with Crippen LogP contribution in [0.25, 0.3) is 0 Å². The lowest BCUT2D eigenvalue weighted by molar-refractivity contribution is -0.142. The number of nitrogens with one attached hydrogen (secondary N) is 1. The molecule has 0 aromatic heterocycles. The SMILES string of the molecule is COc1ccccc1CCC(=O)NC(C)C(C)C(=O)O. The number of rotatable bonds is 7. The van der Waals surface area contributed by atoms with Crippen LogP contribution in [-0.2, 0) is 16.0 Å². The second-order valence-corrected chi connectivity index (χ2v) is 4.79. The van der Waals surface area contributed by atoms with Crippen molar-refractivity contribution < 1.29 is 19.4 Å². The lowest BCUT2D eigenvalue weighted by Crippen LogP contribution is -2.40. The Morgan fingerprint density at radius 3 is 2.55 bits per heavy atom. The lowest BCUT2D eigenvalue weighted by atomic mass is 10.0. The van der Waals surface area contributed by atoms with Gasteiger partial charge in [-0.15, -0.1) is 0 Å². The number of amides is 1. The lowest BCUT2D eigenvalue weighted by Gasteiger charge is -2.17. The fourth-order valence-corrected chi connectivity index (χ4v) is 1.82. The van der Waals surface area contributed by atoms with Crippen LogP contribution in [0.2, 0.25) is 0 Å². The normalized spacial score (nSPS) is 13.3. The maximum atomic E-state index is 11.8. The highest BCUT2D eigenvalue weighted by molar-refractivity contribution is 5.78. The third-order valence-corrected chi connectivity index (χ3v) is 3.34. The van der Waals surface area contributed by atoms with Crippen LogP contribution in [0, 0.1) is 5.92 Å². The fourth-order valence-electron chi connectivity index (χ4n) is 1.82. The Hall–Kier alpha value is -2.04. The van der Waals surface area contributed by atoms with E-state index in [-0.39, 0.29) is 5.91 Å². The van der Waals surface area contributed by atoms with Crippen molar-refractivity contribution in [1.29, 1.82) is 0 Å². The smallest absolute Gasteiger partial charge is 0.308 e. The minimum absolute atomic E-state index is 0.156. The molecule has 110 valence electrons. The zero-order valence-electron chi connectivity index (χ0n) is 12.1. The van der Waals surface area contributed by atoms with Crippen molar-refractivity contribution in [2.45, 2.75) is 32.7 Å². The number of ether oxygens (including phenoxy) is 1. The van der Waals surface area contributed by atoms with Crippen molar-refractivity contribution >= 4 is 11.9 Å². The maximum absolute atomic E-state index is 11.8. The number of aryl methyl sites for hydroxylation is 1. The Labute approximate surface area is 118 Å². The van der Waals surface area contributed by atoms with Gasteiger partial charge in [0.25, 0.3) is 0 Å². The van der Waals surface area contributed by atoms with E-state index in [0.717, 1.165) is 11.3 Å². The summed E-state index contributed by atoms with van der Waals surface area (Å²) in [7, 11) is 1.59. The van der Waals surface area contributed by atoms with Crippen LogP contribution in [0.1, 0.15) is 25.8 Å². The van der Waals surface area contributed by atoms with Crippen molar-refractivity contribution in [2.75, 3.05) is 7.11 Å². The average Bonchev–Trinajstić information content (AvgIpc) is 2.44. The quantitative estimate of drug-likeness (QED) is 0.798. The van der Waals surface area contributed by atoms with Crippen LogP contribution in [0.4, 0.5) is 0 Å². The molecule has 5 nitrogen and oxygen atoms in total. The number of para-hydroxylation sites is 1. The van der Waals surface area contributed by atoms with Crippen LogP contribution in [0.15, 0.2) is 24.3 Å². The molecule has 20 heavy (non-hydrogen) atoms. The average molecular weight is 279 g/mol. The molecule has 5 heteroatoms. The van der Waals surface area contributed by atoms with E-state index in [1.807, 2.05) is 24.3 Å². The van der Waals surface area contributed by atoms with E-state index in [1.54, 1.807) is 21.0 Å². The summed E-state index contributed by atoms with van der Waals surface area (Å²) in [5, 5.41) is 11.6.